The molecule has 1 aliphatic heterocycles. The van der Waals surface area contributed by atoms with Crippen LogP contribution in [0.15, 0.2) is 24.3 Å². The van der Waals surface area contributed by atoms with Crippen molar-refractivity contribution in [1.29, 1.82) is 0 Å². The van der Waals surface area contributed by atoms with Gasteiger partial charge in [0.2, 0.25) is 5.91 Å². The van der Waals surface area contributed by atoms with E-state index in [1.807, 2.05) is 30.9 Å². The maximum atomic E-state index is 12.5. The lowest BCUT2D eigenvalue weighted by atomic mass is 10.1. The predicted octanol–water partition coefficient (Wildman–Crippen LogP) is 0.511. The molecule has 6 heteroatoms. The van der Waals surface area contributed by atoms with E-state index in [1.165, 1.54) is 0 Å². The number of benzene rings is 1. The molecule has 2 rings (SSSR count). The molecular formula is C16H23N3O3. The molecule has 120 valence electrons. The zero-order chi connectivity index (χ0) is 16.1. The van der Waals surface area contributed by atoms with Gasteiger partial charge in [-0.3, -0.25) is 9.59 Å². The van der Waals surface area contributed by atoms with Crippen LogP contribution < -0.4 is 11.1 Å². The molecule has 0 spiro atoms. The maximum absolute atomic E-state index is 12.5. The van der Waals surface area contributed by atoms with Crippen molar-refractivity contribution < 1.29 is 14.3 Å². The number of nitrogens with zero attached hydrogens (tertiary/aromatic N) is 1. The Morgan fingerprint density at radius 2 is 1.82 bits per heavy atom. The van der Waals surface area contributed by atoms with Crippen molar-refractivity contribution in [1.82, 2.24) is 10.2 Å². The van der Waals surface area contributed by atoms with E-state index in [4.69, 9.17) is 10.5 Å². The molecular weight excluding hydrogens is 282 g/mol. The molecule has 1 heterocycles. The molecule has 0 saturated carbocycles. The van der Waals surface area contributed by atoms with E-state index >= 15 is 0 Å². The Bertz CT molecular complexity index is 520. The number of hydrogen-bond acceptors (Lipinski definition) is 4. The highest BCUT2D eigenvalue weighted by Crippen LogP contribution is 2.15. The highest BCUT2D eigenvalue weighted by atomic mass is 16.5. The lowest BCUT2D eigenvalue weighted by Crippen LogP contribution is -2.48. The van der Waals surface area contributed by atoms with Crippen LogP contribution in [-0.2, 0) is 16.1 Å². The van der Waals surface area contributed by atoms with Crippen LogP contribution in [0.2, 0.25) is 0 Å². The number of nitrogens with one attached hydrogen (secondary N) is 1. The summed E-state index contributed by atoms with van der Waals surface area (Å²) in [5.41, 5.74) is 6.81. The highest BCUT2D eigenvalue weighted by Gasteiger charge is 2.26. The molecule has 0 bridgehead atoms. The largest absolute Gasteiger partial charge is 0.372 e. The third-order valence-electron chi connectivity index (χ3n) is 3.58. The van der Waals surface area contributed by atoms with Crippen LogP contribution in [0, 0.1) is 0 Å². The van der Waals surface area contributed by atoms with E-state index in [-0.39, 0.29) is 30.6 Å². The first kappa shape index (κ1) is 16.5. The summed E-state index contributed by atoms with van der Waals surface area (Å²) >= 11 is 0. The Labute approximate surface area is 130 Å². The van der Waals surface area contributed by atoms with E-state index in [0.717, 1.165) is 5.56 Å². The lowest BCUT2D eigenvalue weighted by Gasteiger charge is -2.35. The van der Waals surface area contributed by atoms with E-state index < -0.39 is 0 Å². The topological polar surface area (TPSA) is 84.7 Å². The maximum Gasteiger partial charge on any atom is 0.254 e. The Kier molecular flexibility index (Phi) is 5.51. The van der Waals surface area contributed by atoms with Crippen LogP contribution in [0.3, 0.4) is 0 Å². The van der Waals surface area contributed by atoms with E-state index in [2.05, 4.69) is 5.32 Å². The van der Waals surface area contributed by atoms with Crippen LogP contribution in [0.25, 0.3) is 0 Å². The van der Waals surface area contributed by atoms with Crippen molar-refractivity contribution in [3.63, 3.8) is 0 Å². The third kappa shape index (κ3) is 4.29. The Morgan fingerprint density at radius 3 is 2.36 bits per heavy atom. The number of hydrogen-bond donors (Lipinski definition) is 2. The smallest absolute Gasteiger partial charge is 0.254 e. The minimum absolute atomic E-state index is 0.0135. The fraction of sp³-hybridized carbons (Fsp3) is 0.500. The molecule has 22 heavy (non-hydrogen) atoms. The van der Waals surface area contributed by atoms with Crippen molar-refractivity contribution in [2.75, 3.05) is 19.6 Å². The Morgan fingerprint density at radius 1 is 1.23 bits per heavy atom. The summed E-state index contributed by atoms with van der Waals surface area (Å²) in [6, 6.07) is 7.27. The van der Waals surface area contributed by atoms with Crippen molar-refractivity contribution in [2.24, 2.45) is 5.73 Å². The number of carbonyl (C=O) groups excluding carboxylic acids is 2. The van der Waals surface area contributed by atoms with Gasteiger partial charge in [-0.25, -0.2) is 0 Å². The van der Waals surface area contributed by atoms with Gasteiger partial charge in [0.15, 0.2) is 0 Å². The normalized spacial score (nSPS) is 21.5. The summed E-state index contributed by atoms with van der Waals surface area (Å²) in [6.07, 6.45) is 0.108. The molecule has 1 saturated heterocycles. The molecule has 1 aliphatic rings. The molecule has 2 unspecified atom stereocenters. The van der Waals surface area contributed by atoms with Crippen molar-refractivity contribution in [2.45, 2.75) is 32.6 Å². The molecule has 0 radical (unpaired) electrons. The number of rotatable bonds is 4. The van der Waals surface area contributed by atoms with Gasteiger partial charge >= 0.3 is 0 Å². The second kappa shape index (κ2) is 7.38. The average molecular weight is 305 g/mol. The molecule has 0 aliphatic carbocycles. The number of amides is 2. The number of nitrogens with two attached hydrogens (primary N) is 1. The monoisotopic (exact) mass is 305 g/mol. The SMILES string of the molecule is CC1CN(C(=O)c2ccc(CNC(=O)CN)cc2)CC(C)O1. The van der Waals surface area contributed by atoms with Crippen molar-refractivity contribution >= 4 is 11.8 Å². The minimum Gasteiger partial charge on any atom is -0.372 e. The zero-order valence-corrected chi connectivity index (χ0v) is 13.0. The van der Waals surface area contributed by atoms with Gasteiger partial charge in [-0.2, -0.15) is 0 Å². The first-order chi connectivity index (χ1) is 10.5. The summed E-state index contributed by atoms with van der Waals surface area (Å²) in [5.74, 6) is -0.184. The summed E-state index contributed by atoms with van der Waals surface area (Å²) in [6.45, 7) is 5.55. The quantitative estimate of drug-likeness (QED) is 0.849. The molecule has 1 aromatic rings. The molecule has 0 aromatic heterocycles. The van der Waals surface area contributed by atoms with Crippen LogP contribution in [0.4, 0.5) is 0 Å². The van der Waals surface area contributed by atoms with Crippen LogP contribution in [0.1, 0.15) is 29.8 Å². The highest BCUT2D eigenvalue weighted by molar-refractivity contribution is 5.94. The minimum atomic E-state index is -0.198. The fourth-order valence-electron chi connectivity index (χ4n) is 2.56. The van der Waals surface area contributed by atoms with Crippen LogP contribution >= 0.6 is 0 Å². The van der Waals surface area contributed by atoms with Gasteiger partial charge in [-0.1, -0.05) is 12.1 Å². The van der Waals surface area contributed by atoms with Crippen molar-refractivity contribution in [3.05, 3.63) is 35.4 Å². The van der Waals surface area contributed by atoms with Crippen molar-refractivity contribution in [3.8, 4) is 0 Å². The lowest BCUT2D eigenvalue weighted by molar-refractivity contribution is -0.119. The molecule has 1 fully saturated rings. The van der Waals surface area contributed by atoms with Crippen LogP contribution in [0.5, 0.6) is 0 Å². The molecule has 1 aromatic carbocycles. The van der Waals surface area contributed by atoms with Gasteiger partial charge in [-0.15, -0.1) is 0 Å². The molecule has 2 amide bonds. The standard InChI is InChI=1S/C16H23N3O3/c1-11-9-19(10-12(2)22-11)16(21)14-5-3-13(4-6-14)8-18-15(20)7-17/h3-6,11-12H,7-10,17H2,1-2H3,(H,18,20). The van der Waals surface area contributed by atoms with Gasteiger partial charge < -0.3 is 20.7 Å². The van der Waals surface area contributed by atoms with E-state index in [9.17, 15) is 9.59 Å². The van der Waals surface area contributed by atoms with Gasteiger partial charge in [0.05, 0.1) is 18.8 Å². The summed E-state index contributed by atoms with van der Waals surface area (Å²) in [4.78, 5) is 25.4. The predicted molar refractivity (Wildman–Crippen MR) is 83.3 cm³/mol. The van der Waals surface area contributed by atoms with Gasteiger partial charge in [0, 0.05) is 25.2 Å². The second-order valence-corrected chi connectivity index (χ2v) is 5.65. The molecule has 3 N–H and O–H groups in total. The van der Waals surface area contributed by atoms with Gasteiger partial charge in [-0.05, 0) is 31.5 Å². The fourth-order valence-corrected chi connectivity index (χ4v) is 2.56. The average Bonchev–Trinajstić information content (AvgIpc) is 2.51. The Hall–Kier alpha value is -1.92. The number of morpholine rings is 1. The molecule has 2 atom stereocenters. The second-order valence-electron chi connectivity index (χ2n) is 5.65. The van der Waals surface area contributed by atoms with E-state index in [0.29, 0.717) is 25.2 Å². The third-order valence-corrected chi connectivity index (χ3v) is 3.58. The summed E-state index contributed by atoms with van der Waals surface area (Å²) in [7, 11) is 0. The summed E-state index contributed by atoms with van der Waals surface area (Å²) < 4.78 is 5.64. The zero-order valence-electron chi connectivity index (χ0n) is 13.0. The van der Waals surface area contributed by atoms with E-state index in [1.54, 1.807) is 12.1 Å². The van der Waals surface area contributed by atoms with Crippen LogP contribution in [-0.4, -0.2) is 48.6 Å². The Balaban J connectivity index is 1.97. The number of ether oxygens (including phenoxy) is 1. The first-order valence-electron chi connectivity index (χ1n) is 7.50. The van der Waals surface area contributed by atoms with Gasteiger partial charge in [0.1, 0.15) is 0 Å². The van der Waals surface area contributed by atoms with Gasteiger partial charge in [0.25, 0.3) is 5.91 Å². The number of carbonyl (C=O) groups is 2. The summed E-state index contributed by atoms with van der Waals surface area (Å²) in [5, 5.41) is 2.70. The first-order valence-corrected chi connectivity index (χ1v) is 7.50. The molecule has 6 nitrogen and oxygen atoms in total.